The number of likely N-dealkylation sites (tertiary alicyclic amines) is 1. The molecule has 0 radical (unpaired) electrons. The van der Waals surface area contributed by atoms with Gasteiger partial charge in [0.05, 0.1) is 5.52 Å². The van der Waals surface area contributed by atoms with Gasteiger partial charge in [-0.2, -0.15) is 0 Å². The van der Waals surface area contributed by atoms with Gasteiger partial charge in [0.25, 0.3) is 0 Å². The van der Waals surface area contributed by atoms with Crippen LogP contribution in [-0.4, -0.2) is 53.3 Å². The molecule has 3 rings (SSSR count). The largest absolute Gasteiger partial charge is 0.465 e. The van der Waals surface area contributed by atoms with Crippen molar-refractivity contribution in [3.8, 4) is 0 Å². The molecule has 2 aromatic rings. The third-order valence-corrected chi connectivity index (χ3v) is 4.25. The van der Waals surface area contributed by atoms with E-state index in [1.54, 1.807) is 0 Å². The average molecular weight is 288 g/mol. The first kappa shape index (κ1) is 13.7. The number of anilines is 1. The first-order valence-corrected chi connectivity index (χ1v) is 7.18. The van der Waals surface area contributed by atoms with E-state index in [1.165, 1.54) is 10.5 Å². The Balaban J connectivity index is 1.83. The number of hydrogen-bond acceptors (Lipinski definition) is 3. The molecule has 0 bridgehead atoms. The molecule has 0 aliphatic carbocycles. The maximum Gasteiger partial charge on any atom is 0.407 e. The zero-order valence-corrected chi connectivity index (χ0v) is 12.3. The number of nitrogens with zero attached hydrogens (tertiary/aromatic N) is 3. The molecule has 1 aliphatic heterocycles. The van der Waals surface area contributed by atoms with E-state index >= 15 is 0 Å². The Labute approximate surface area is 123 Å². The Morgan fingerprint density at radius 1 is 1.43 bits per heavy atom. The van der Waals surface area contributed by atoms with Crippen LogP contribution in [0.5, 0.6) is 0 Å². The van der Waals surface area contributed by atoms with Gasteiger partial charge in [-0.25, -0.2) is 9.78 Å². The predicted octanol–water partition coefficient (Wildman–Crippen LogP) is 2.49. The lowest BCUT2D eigenvalue weighted by molar-refractivity contribution is 0.132. The molecule has 112 valence electrons. The van der Waals surface area contributed by atoms with Crippen LogP contribution in [0.1, 0.15) is 24.3 Å². The zero-order chi connectivity index (χ0) is 15.0. The summed E-state index contributed by atoms with van der Waals surface area (Å²) < 4.78 is 0. The Morgan fingerprint density at radius 3 is 2.76 bits per heavy atom. The highest BCUT2D eigenvalue weighted by molar-refractivity contribution is 5.85. The monoisotopic (exact) mass is 288 g/mol. The highest BCUT2D eigenvalue weighted by Gasteiger charge is 2.25. The summed E-state index contributed by atoms with van der Waals surface area (Å²) in [4.78, 5) is 22.2. The fraction of sp³-hybridized carbons (Fsp3) is 0.467. The fourth-order valence-corrected chi connectivity index (χ4v) is 2.99. The minimum Gasteiger partial charge on any atom is -0.465 e. The second kappa shape index (κ2) is 5.27. The van der Waals surface area contributed by atoms with Crippen LogP contribution in [-0.2, 0) is 0 Å². The maximum atomic E-state index is 11.0. The Morgan fingerprint density at radius 2 is 2.14 bits per heavy atom. The van der Waals surface area contributed by atoms with Crippen molar-refractivity contribution >= 4 is 22.8 Å². The number of aromatic amines is 1. The summed E-state index contributed by atoms with van der Waals surface area (Å²) in [5.41, 5.74) is 2.34. The topological polar surface area (TPSA) is 72.5 Å². The molecule has 6 nitrogen and oxygen atoms in total. The van der Waals surface area contributed by atoms with Crippen molar-refractivity contribution in [3.63, 3.8) is 0 Å². The average Bonchev–Trinajstić information content (AvgIpc) is 2.90. The van der Waals surface area contributed by atoms with E-state index in [0.29, 0.717) is 19.0 Å². The molecule has 2 N–H and O–H groups in total. The molecule has 0 unspecified atom stereocenters. The van der Waals surface area contributed by atoms with E-state index in [2.05, 4.69) is 9.97 Å². The number of aromatic nitrogens is 2. The molecule has 0 spiro atoms. The highest BCUT2D eigenvalue weighted by Crippen LogP contribution is 2.33. The number of nitrogens with one attached hydrogen (secondary N) is 1. The summed E-state index contributed by atoms with van der Waals surface area (Å²) in [7, 11) is 3.94. The molecule has 0 atom stereocenters. The SMILES string of the molecule is CN(C)c1cc2[nH]cc(C3CCN(C(=O)O)CC3)c2cn1. The zero-order valence-electron chi connectivity index (χ0n) is 12.3. The van der Waals surface area contributed by atoms with Gasteiger partial charge in [0.2, 0.25) is 0 Å². The van der Waals surface area contributed by atoms with Crippen molar-refractivity contribution in [2.45, 2.75) is 18.8 Å². The third-order valence-electron chi connectivity index (χ3n) is 4.25. The number of amides is 1. The standard InChI is InChI=1S/C15H20N4O2/c1-18(2)14-7-13-12(9-17-14)11(8-16-13)10-3-5-19(6-4-10)15(20)21/h7-10,16H,3-6H2,1-2H3,(H,20,21). The van der Waals surface area contributed by atoms with E-state index < -0.39 is 6.09 Å². The smallest absolute Gasteiger partial charge is 0.407 e. The molecular weight excluding hydrogens is 268 g/mol. The number of fused-ring (bicyclic) bond motifs is 1. The molecule has 21 heavy (non-hydrogen) atoms. The van der Waals surface area contributed by atoms with Crippen LogP contribution in [0.2, 0.25) is 0 Å². The van der Waals surface area contributed by atoms with E-state index in [9.17, 15) is 4.79 Å². The third kappa shape index (κ3) is 2.53. The number of carboxylic acid groups (broad SMARTS) is 1. The molecule has 2 aromatic heterocycles. The summed E-state index contributed by atoms with van der Waals surface area (Å²) in [6, 6.07) is 2.05. The van der Waals surface area contributed by atoms with Crippen molar-refractivity contribution in [3.05, 3.63) is 24.0 Å². The van der Waals surface area contributed by atoms with Gasteiger partial charge in [-0.1, -0.05) is 0 Å². The first-order chi connectivity index (χ1) is 10.1. The molecule has 1 amide bonds. The van der Waals surface area contributed by atoms with Gasteiger partial charge in [-0.05, 0) is 24.3 Å². The number of pyridine rings is 1. The minimum absolute atomic E-state index is 0.404. The van der Waals surface area contributed by atoms with E-state index in [1.807, 2.05) is 37.5 Å². The number of H-pyrrole nitrogens is 1. The van der Waals surface area contributed by atoms with Crippen molar-refractivity contribution in [1.29, 1.82) is 0 Å². The van der Waals surface area contributed by atoms with Gasteiger partial charge < -0.3 is 19.9 Å². The van der Waals surface area contributed by atoms with Crippen molar-refractivity contribution < 1.29 is 9.90 Å². The maximum absolute atomic E-state index is 11.0. The van der Waals surface area contributed by atoms with Crippen LogP contribution >= 0.6 is 0 Å². The van der Waals surface area contributed by atoms with Crippen LogP contribution in [0.15, 0.2) is 18.5 Å². The summed E-state index contributed by atoms with van der Waals surface area (Å²) in [5, 5.41) is 10.2. The molecule has 1 fully saturated rings. The summed E-state index contributed by atoms with van der Waals surface area (Å²) in [5.74, 6) is 1.33. The lowest BCUT2D eigenvalue weighted by Crippen LogP contribution is -2.36. The molecule has 1 aliphatic rings. The van der Waals surface area contributed by atoms with E-state index in [0.717, 1.165) is 29.6 Å². The van der Waals surface area contributed by atoms with Crippen LogP contribution < -0.4 is 4.90 Å². The molecule has 3 heterocycles. The summed E-state index contributed by atoms with van der Waals surface area (Å²) >= 11 is 0. The molecule has 0 saturated carbocycles. The second-order valence-electron chi connectivity index (χ2n) is 5.77. The van der Waals surface area contributed by atoms with Gasteiger partial charge in [0.1, 0.15) is 5.82 Å². The van der Waals surface area contributed by atoms with Crippen molar-refractivity contribution in [2.75, 3.05) is 32.1 Å². The number of rotatable bonds is 2. The van der Waals surface area contributed by atoms with Gasteiger partial charge >= 0.3 is 6.09 Å². The van der Waals surface area contributed by atoms with Gasteiger partial charge in [-0.3, -0.25) is 0 Å². The number of hydrogen-bond donors (Lipinski definition) is 2. The van der Waals surface area contributed by atoms with Crippen LogP contribution in [0.3, 0.4) is 0 Å². The first-order valence-electron chi connectivity index (χ1n) is 7.18. The normalized spacial score (nSPS) is 16.4. The van der Waals surface area contributed by atoms with Crippen LogP contribution in [0.25, 0.3) is 10.9 Å². The van der Waals surface area contributed by atoms with Gasteiger partial charge in [0.15, 0.2) is 0 Å². The Kier molecular flexibility index (Phi) is 3.45. The van der Waals surface area contributed by atoms with Gasteiger partial charge in [-0.15, -0.1) is 0 Å². The van der Waals surface area contributed by atoms with Crippen LogP contribution in [0.4, 0.5) is 10.6 Å². The highest BCUT2D eigenvalue weighted by atomic mass is 16.4. The lowest BCUT2D eigenvalue weighted by Gasteiger charge is -2.29. The van der Waals surface area contributed by atoms with Crippen molar-refractivity contribution in [1.82, 2.24) is 14.9 Å². The Hall–Kier alpha value is -2.24. The lowest BCUT2D eigenvalue weighted by atomic mass is 9.90. The summed E-state index contributed by atoms with van der Waals surface area (Å²) in [6.45, 7) is 1.21. The molecule has 6 heteroatoms. The molecule has 1 saturated heterocycles. The summed E-state index contributed by atoms with van der Waals surface area (Å²) in [6.07, 6.45) is 4.89. The Bertz CT molecular complexity index is 657. The minimum atomic E-state index is -0.815. The predicted molar refractivity (Wildman–Crippen MR) is 82.0 cm³/mol. The van der Waals surface area contributed by atoms with Crippen molar-refractivity contribution in [2.24, 2.45) is 0 Å². The second-order valence-corrected chi connectivity index (χ2v) is 5.77. The number of piperidine rings is 1. The number of carbonyl (C=O) groups is 1. The van der Waals surface area contributed by atoms with E-state index in [4.69, 9.17) is 5.11 Å². The van der Waals surface area contributed by atoms with Crippen LogP contribution in [0, 0.1) is 0 Å². The molecular formula is C15H20N4O2. The quantitative estimate of drug-likeness (QED) is 0.890. The molecule has 0 aromatic carbocycles. The van der Waals surface area contributed by atoms with Gasteiger partial charge in [0, 0.05) is 51.0 Å². The van der Waals surface area contributed by atoms with E-state index in [-0.39, 0.29) is 0 Å². The fourth-order valence-electron chi connectivity index (χ4n) is 2.99.